The van der Waals surface area contributed by atoms with Crippen LogP contribution >= 0.6 is 11.6 Å². The molecule has 0 radical (unpaired) electrons. The molecule has 0 aliphatic rings. The van der Waals surface area contributed by atoms with E-state index in [1.165, 1.54) is 12.1 Å². The first-order valence-corrected chi connectivity index (χ1v) is 7.76. The van der Waals surface area contributed by atoms with E-state index in [1.54, 1.807) is 12.1 Å². The average molecular weight is 291 g/mol. The van der Waals surface area contributed by atoms with Crippen molar-refractivity contribution in [3.8, 4) is 0 Å². The van der Waals surface area contributed by atoms with Crippen molar-refractivity contribution in [1.82, 2.24) is 10.0 Å². The fourth-order valence-electron chi connectivity index (χ4n) is 1.40. The van der Waals surface area contributed by atoms with Crippen LogP contribution in [-0.2, 0) is 10.0 Å². The molecule has 1 rings (SSSR count). The van der Waals surface area contributed by atoms with Crippen molar-refractivity contribution in [2.24, 2.45) is 0 Å². The molecule has 0 spiro atoms. The highest BCUT2D eigenvalue weighted by atomic mass is 35.5. The second-order valence-electron chi connectivity index (χ2n) is 4.32. The van der Waals surface area contributed by atoms with E-state index >= 15 is 0 Å². The second-order valence-corrected chi connectivity index (χ2v) is 6.52. The van der Waals surface area contributed by atoms with Crippen LogP contribution in [0.1, 0.15) is 20.3 Å². The van der Waals surface area contributed by atoms with Gasteiger partial charge in [0, 0.05) is 17.6 Å². The van der Waals surface area contributed by atoms with Gasteiger partial charge in [0.1, 0.15) is 0 Å². The van der Waals surface area contributed by atoms with Crippen LogP contribution in [0.3, 0.4) is 0 Å². The molecular formula is C12H19ClN2O2S. The van der Waals surface area contributed by atoms with Gasteiger partial charge in [-0.05, 0) is 31.2 Å². The molecule has 0 amide bonds. The fraction of sp³-hybridized carbons (Fsp3) is 0.500. The Kier molecular flexibility index (Phi) is 6.08. The van der Waals surface area contributed by atoms with Crippen molar-refractivity contribution >= 4 is 21.6 Å². The van der Waals surface area contributed by atoms with Gasteiger partial charge in [-0.1, -0.05) is 31.5 Å². The molecule has 4 nitrogen and oxygen atoms in total. The van der Waals surface area contributed by atoms with Crippen LogP contribution < -0.4 is 10.0 Å². The summed E-state index contributed by atoms with van der Waals surface area (Å²) in [5.41, 5.74) is 0. The highest BCUT2D eigenvalue weighted by molar-refractivity contribution is 7.89. The molecule has 102 valence electrons. The molecule has 1 aromatic carbocycles. The molecule has 0 saturated heterocycles. The van der Waals surface area contributed by atoms with Gasteiger partial charge in [0.2, 0.25) is 10.0 Å². The minimum Gasteiger partial charge on any atom is -0.314 e. The van der Waals surface area contributed by atoms with E-state index in [4.69, 9.17) is 11.6 Å². The molecule has 18 heavy (non-hydrogen) atoms. The summed E-state index contributed by atoms with van der Waals surface area (Å²) in [7, 11) is -3.45. The van der Waals surface area contributed by atoms with E-state index in [1.807, 2.05) is 0 Å². The number of rotatable bonds is 7. The molecule has 0 bridgehead atoms. The van der Waals surface area contributed by atoms with Gasteiger partial charge < -0.3 is 5.32 Å². The van der Waals surface area contributed by atoms with Gasteiger partial charge in [-0.25, -0.2) is 13.1 Å². The van der Waals surface area contributed by atoms with Crippen LogP contribution in [0.4, 0.5) is 0 Å². The lowest BCUT2D eigenvalue weighted by Crippen LogP contribution is -2.29. The number of hydrogen-bond donors (Lipinski definition) is 2. The highest BCUT2D eigenvalue weighted by Gasteiger charge is 2.12. The molecule has 0 saturated carbocycles. The SMILES string of the molecule is CC(C)NCCCNS(=O)(=O)c1cccc(Cl)c1. The predicted octanol–water partition coefficient (Wildman–Crippen LogP) is 2.01. The maximum absolute atomic E-state index is 11.9. The van der Waals surface area contributed by atoms with Gasteiger partial charge in [0.25, 0.3) is 0 Å². The smallest absolute Gasteiger partial charge is 0.240 e. The van der Waals surface area contributed by atoms with Gasteiger partial charge in [-0.15, -0.1) is 0 Å². The number of hydrogen-bond acceptors (Lipinski definition) is 3. The van der Waals surface area contributed by atoms with Crippen molar-refractivity contribution in [3.63, 3.8) is 0 Å². The van der Waals surface area contributed by atoms with E-state index in [2.05, 4.69) is 23.9 Å². The molecule has 0 heterocycles. The van der Waals surface area contributed by atoms with Crippen molar-refractivity contribution < 1.29 is 8.42 Å². The number of sulfonamides is 1. The minimum atomic E-state index is -3.45. The molecule has 0 fully saturated rings. The second kappa shape index (κ2) is 7.09. The number of benzene rings is 1. The summed E-state index contributed by atoms with van der Waals surface area (Å²) in [6.07, 6.45) is 0.748. The van der Waals surface area contributed by atoms with Crippen LogP contribution in [0, 0.1) is 0 Å². The maximum Gasteiger partial charge on any atom is 0.240 e. The zero-order valence-electron chi connectivity index (χ0n) is 10.6. The largest absolute Gasteiger partial charge is 0.314 e. The monoisotopic (exact) mass is 290 g/mol. The molecule has 0 aromatic heterocycles. The molecule has 0 atom stereocenters. The van der Waals surface area contributed by atoms with Gasteiger partial charge in [-0.3, -0.25) is 0 Å². The molecule has 1 aromatic rings. The van der Waals surface area contributed by atoms with Crippen LogP contribution in [0.25, 0.3) is 0 Å². The molecular weight excluding hydrogens is 272 g/mol. The Labute approximate surface area is 114 Å². The quantitative estimate of drug-likeness (QED) is 0.755. The topological polar surface area (TPSA) is 58.2 Å². The predicted molar refractivity (Wildman–Crippen MR) is 74.4 cm³/mol. The Hall–Kier alpha value is -0.620. The third-order valence-electron chi connectivity index (χ3n) is 2.30. The number of halogens is 1. The Morgan fingerprint density at radius 3 is 2.61 bits per heavy atom. The van der Waals surface area contributed by atoms with Crippen LogP contribution in [0.2, 0.25) is 5.02 Å². The normalized spacial score (nSPS) is 12.0. The van der Waals surface area contributed by atoms with Crippen molar-refractivity contribution in [2.75, 3.05) is 13.1 Å². The van der Waals surface area contributed by atoms with Crippen LogP contribution in [-0.4, -0.2) is 27.5 Å². The Morgan fingerprint density at radius 1 is 1.28 bits per heavy atom. The van der Waals surface area contributed by atoms with Crippen LogP contribution in [0.5, 0.6) is 0 Å². The van der Waals surface area contributed by atoms with Crippen molar-refractivity contribution in [2.45, 2.75) is 31.2 Å². The van der Waals surface area contributed by atoms with E-state index < -0.39 is 10.0 Å². The third kappa shape index (κ3) is 5.35. The Bertz CT molecular complexity index is 475. The summed E-state index contributed by atoms with van der Waals surface area (Å²) in [4.78, 5) is 0.201. The molecule has 2 N–H and O–H groups in total. The van der Waals surface area contributed by atoms with Gasteiger partial charge in [0.05, 0.1) is 4.90 Å². The van der Waals surface area contributed by atoms with Crippen LogP contribution in [0.15, 0.2) is 29.2 Å². The van der Waals surface area contributed by atoms with Crippen molar-refractivity contribution in [1.29, 1.82) is 0 Å². The lowest BCUT2D eigenvalue weighted by atomic mass is 10.3. The Morgan fingerprint density at radius 2 is 2.00 bits per heavy atom. The summed E-state index contributed by atoms with van der Waals surface area (Å²) in [6, 6.07) is 6.65. The first-order chi connectivity index (χ1) is 8.42. The van der Waals surface area contributed by atoms with E-state index in [0.717, 1.165) is 13.0 Å². The van der Waals surface area contributed by atoms with Gasteiger partial charge in [-0.2, -0.15) is 0 Å². The zero-order chi connectivity index (χ0) is 13.6. The van der Waals surface area contributed by atoms with E-state index in [-0.39, 0.29) is 4.90 Å². The summed E-state index contributed by atoms with van der Waals surface area (Å²) in [5, 5.41) is 3.64. The maximum atomic E-state index is 11.9. The fourth-order valence-corrected chi connectivity index (χ4v) is 2.78. The summed E-state index contributed by atoms with van der Waals surface area (Å²) < 4.78 is 26.3. The zero-order valence-corrected chi connectivity index (χ0v) is 12.2. The molecule has 0 unspecified atom stereocenters. The standard InChI is InChI=1S/C12H19ClN2O2S/c1-10(2)14-7-4-8-15-18(16,17)12-6-3-5-11(13)9-12/h3,5-6,9-10,14-15H,4,7-8H2,1-2H3. The van der Waals surface area contributed by atoms with Crippen molar-refractivity contribution in [3.05, 3.63) is 29.3 Å². The average Bonchev–Trinajstić information content (AvgIpc) is 2.28. The first kappa shape index (κ1) is 15.4. The number of nitrogens with one attached hydrogen (secondary N) is 2. The van der Waals surface area contributed by atoms with Gasteiger partial charge >= 0.3 is 0 Å². The molecule has 0 aliphatic heterocycles. The lowest BCUT2D eigenvalue weighted by Gasteiger charge is -2.09. The summed E-state index contributed by atoms with van der Waals surface area (Å²) in [5.74, 6) is 0. The minimum absolute atomic E-state index is 0.201. The lowest BCUT2D eigenvalue weighted by molar-refractivity contribution is 0.554. The summed E-state index contributed by atoms with van der Waals surface area (Å²) in [6.45, 7) is 5.30. The molecule has 6 heteroatoms. The molecule has 0 aliphatic carbocycles. The summed E-state index contributed by atoms with van der Waals surface area (Å²) >= 11 is 5.77. The highest BCUT2D eigenvalue weighted by Crippen LogP contribution is 2.14. The Balaban J connectivity index is 2.46. The first-order valence-electron chi connectivity index (χ1n) is 5.90. The van der Waals surface area contributed by atoms with E-state index in [0.29, 0.717) is 17.6 Å². The van der Waals surface area contributed by atoms with Gasteiger partial charge in [0.15, 0.2) is 0 Å². The van der Waals surface area contributed by atoms with E-state index in [9.17, 15) is 8.42 Å². The third-order valence-corrected chi connectivity index (χ3v) is 4.00.